The first-order valence-corrected chi connectivity index (χ1v) is 9.62. The highest BCUT2D eigenvalue weighted by Crippen LogP contribution is 2.35. The molecule has 3 aliphatic rings. The van der Waals surface area contributed by atoms with Crippen molar-refractivity contribution in [1.29, 1.82) is 0 Å². The zero-order valence-corrected chi connectivity index (χ0v) is 15.2. The Balaban J connectivity index is 1.22. The predicted molar refractivity (Wildman–Crippen MR) is 99.8 cm³/mol. The minimum absolute atomic E-state index is 0.295. The van der Waals surface area contributed by atoms with Crippen molar-refractivity contribution in [3.8, 4) is 0 Å². The Morgan fingerprint density at radius 3 is 2.85 bits per heavy atom. The van der Waals surface area contributed by atoms with Crippen LogP contribution in [0, 0.1) is 12.8 Å². The standard InChI is InChI=1S/C21H24N4O/c1-14-18-12-25(13-19(18)17-5-2-6-20(17)23-14)21(26)8-15-10-24(11-15)16-4-3-7-22-9-16/h3-4,7,9,15H,2,5-6,8,10-13H2,1H3. The van der Waals surface area contributed by atoms with Crippen LogP contribution in [0.1, 0.15) is 40.9 Å². The molecule has 1 saturated heterocycles. The van der Waals surface area contributed by atoms with Gasteiger partial charge in [-0.1, -0.05) is 0 Å². The molecule has 4 heterocycles. The number of nitrogens with zero attached hydrogens (tertiary/aromatic N) is 4. The number of carbonyl (C=O) groups is 1. The summed E-state index contributed by atoms with van der Waals surface area (Å²) in [6.07, 6.45) is 7.78. The highest BCUT2D eigenvalue weighted by atomic mass is 16.2. The molecular weight excluding hydrogens is 324 g/mol. The molecule has 0 N–H and O–H groups in total. The molecule has 2 aliphatic heterocycles. The quantitative estimate of drug-likeness (QED) is 0.856. The third-order valence-electron chi connectivity index (χ3n) is 6.14. The van der Waals surface area contributed by atoms with Gasteiger partial charge in [-0.2, -0.15) is 0 Å². The van der Waals surface area contributed by atoms with Crippen LogP contribution < -0.4 is 4.90 Å². The first kappa shape index (κ1) is 15.8. The second-order valence-corrected chi connectivity index (χ2v) is 7.87. The second kappa shape index (κ2) is 6.08. The first-order chi connectivity index (χ1) is 12.7. The fourth-order valence-electron chi connectivity index (χ4n) is 4.69. The summed E-state index contributed by atoms with van der Waals surface area (Å²) in [6.45, 7) is 5.55. The van der Waals surface area contributed by atoms with E-state index in [0.29, 0.717) is 18.2 Å². The third-order valence-corrected chi connectivity index (χ3v) is 6.14. The molecule has 0 unspecified atom stereocenters. The van der Waals surface area contributed by atoms with Crippen LogP contribution in [0.2, 0.25) is 0 Å². The number of anilines is 1. The van der Waals surface area contributed by atoms with E-state index in [4.69, 9.17) is 4.98 Å². The number of pyridine rings is 2. The summed E-state index contributed by atoms with van der Waals surface area (Å²) in [4.78, 5) is 26.2. The first-order valence-electron chi connectivity index (χ1n) is 9.62. The van der Waals surface area contributed by atoms with Gasteiger partial charge in [-0.3, -0.25) is 14.8 Å². The summed E-state index contributed by atoms with van der Waals surface area (Å²) in [7, 11) is 0. The summed E-state index contributed by atoms with van der Waals surface area (Å²) in [5.41, 5.74) is 7.71. The van der Waals surface area contributed by atoms with Gasteiger partial charge in [0.25, 0.3) is 0 Å². The van der Waals surface area contributed by atoms with Gasteiger partial charge in [0.05, 0.1) is 11.9 Å². The number of aromatic nitrogens is 2. The fourth-order valence-corrected chi connectivity index (χ4v) is 4.69. The van der Waals surface area contributed by atoms with Crippen molar-refractivity contribution < 1.29 is 4.79 Å². The molecule has 0 saturated carbocycles. The molecule has 2 aromatic rings. The van der Waals surface area contributed by atoms with Crippen LogP contribution in [0.25, 0.3) is 0 Å². The molecule has 26 heavy (non-hydrogen) atoms. The molecule has 0 atom stereocenters. The molecule has 0 spiro atoms. The van der Waals surface area contributed by atoms with E-state index in [1.54, 1.807) is 6.20 Å². The highest BCUT2D eigenvalue weighted by molar-refractivity contribution is 5.78. The molecule has 5 rings (SSSR count). The van der Waals surface area contributed by atoms with Gasteiger partial charge in [0, 0.05) is 56.1 Å². The Morgan fingerprint density at radius 2 is 2.04 bits per heavy atom. The maximum absolute atomic E-state index is 12.8. The second-order valence-electron chi connectivity index (χ2n) is 7.87. The van der Waals surface area contributed by atoms with Crippen LogP contribution in [0.3, 0.4) is 0 Å². The van der Waals surface area contributed by atoms with E-state index in [-0.39, 0.29) is 0 Å². The fraction of sp³-hybridized carbons (Fsp3) is 0.476. The lowest BCUT2D eigenvalue weighted by Crippen LogP contribution is -2.48. The number of fused-ring (bicyclic) bond motifs is 3. The molecule has 5 nitrogen and oxygen atoms in total. The van der Waals surface area contributed by atoms with Gasteiger partial charge >= 0.3 is 0 Å². The van der Waals surface area contributed by atoms with E-state index in [2.05, 4.69) is 22.9 Å². The number of rotatable bonds is 3. The van der Waals surface area contributed by atoms with Crippen molar-refractivity contribution in [2.24, 2.45) is 5.92 Å². The summed E-state index contributed by atoms with van der Waals surface area (Å²) in [5, 5.41) is 0. The molecule has 134 valence electrons. The molecule has 5 heteroatoms. The van der Waals surface area contributed by atoms with E-state index in [1.165, 1.54) is 28.8 Å². The summed E-state index contributed by atoms with van der Waals surface area (Å²) < 4.78 is 0. The SMILES string of the molecule is Cc1nc2c(c3c1CN(C(=O)CC1CN(c4cccnc4)C1)C3)CCC2. The van der Waals surface area contributed by atoms with Crippen molar-refractivity contribution in [2.75, 3.05) is 18.0 Å². The Morgan fingerprint density at radius 1 is 1.19 bits per heavy atom. The van der Waals surface area contributed by atoms with E-state index in [1.807, 2.05) is 17.2 Å². The van der Waals surface area contributed by atoms with Gasteiger partial charge in [0.15, 0.2) is 0 Å². The normalized spacial score (nSPS) is 18.7. The molecule has 1 amide bonds. The van der Waals surface area contributed by atoms with Gasteiger partial charge in [-0.05, 0) is 55.0 Å². The Bertz CT molecular complexity index is 858. The van der Waals surface area contributed by atoms with E-state index in [9.17, 15) is 4.79 Å². The number of hydrogen-bond donors (Lipinski definition) is 0. The average Bonchev–Trinajstić information content (AvgIpc) is 3.25. The number of amides is 1. The highest BCUT2D eigenvalue weighted by Gasteiger charge is 2.34. The van der Waals surface area contributed by atoms with Gasteiger partial charge in [0.2, 0.25) is 5.91 Å². The van der Waals surface area contributed by atoms with E-state index >= 15 is 0 Å². The number of hydrogen-bond acceptors (Lipinski definition) is 4. The average molecular weight is 348 g/mol. The van der Waals surface area contributed by atoms with Crippen LogP contribution in [0.15, 0.2) is 24.5 Å². The molecule has 1 aliphatic carbocycles. The lowest BCUT2D eigenvalue weighted by atomic mass is 9.95. The van der Waals surface area contributed by atoms with Crippen LogP contribution >= 0.6 is 0 Å². The van der Waals surface area contributed by atoms with Crippen LogP contribution in [-0.4, -0.2) is 33.9 Å². The van der Waals surface area contributed by atoms with Crippen molar-refractivity contribution in [3.63, 3.8) is 0 Å². The zero-order valence-electron chi connectivity index (χ0n) is 15.2. The predicted octanol–water partition coefficient (Wildman–Crippen LogP) is 2.64. The summed E-state index contributed by atoms with van der Waals surface area (Å²) >= 11 is 0. The molecule has 2 aromatic heterocycles. The topological polar surface area (TPSA) is 49.3 Å². The number of aryl methyl sites for hydroxylation is 2. The Kier molecular flexibility index (Phi) is 3.69. The molecule has 0 bridgehead atoms. The van der Waals surface area contributed by atoms with Crippen molar-refractivity contribution in [3.05, 3.63) is 52.6 Å². The van der Waals surface area contributed by atoms with E-state index < -0.39 is 0 Å². The van der Waals surface area contributed by atoms with Gasteiger partial charge < -0.3 is 9.80 Å². The maximum Gasteiger partial charge on any atom is 0.223 e. The third kappa shape index (κ3) is 2.57. The van der Waals surface area contributed by atoms with Crippen molar-refractivity contribution in [1.82, 2.24) is 14.9 Å². The minimum atomic E-state index is 0.295. The summed E-state index contributed by atoms with van der Waals surface area (Å²) in [6, 6.07) is 4.04. The minimum Gasteiger partial charge on any atom is -0.370 e. The largest absolute Gasteiger partial charge is 0.370 e. The van der Waals surface area contributed by atoms with Crippen LogP contribution in [0.4, 0.5) is 5.69 Å². The van der Waals surface area contributed by atoms with Crippen LogP contribution in [-0.2, 0) is 30.7 Å². The maximum atomic E-state index is 12.8. The van der Waals surface area contributed by atoms with Gasteiger partial charge in [0.1, 0.15) is 0 Å². The monoisotopic (exact) mass is 348 g/mol. The smallest absolute Gasteiger partial charge is 0.223 e. The van der Waals surface area contributed by atoms with E-state index in [0.717, 1.165) is 50.4 Å². The Hall–Kier alpha value is -2.43. The van der Waals surface area contributed by atoms with Gasteiger partial charge in [-0.15, -0.1) is 0 Å². The molecule has 0 aromatic carbocycles. The molecule has 0 radical (unpaired) electrons. The van der Waals surface area contributed by atoms with Gasteiger partial charge in [-0.25, -0.2) is 0 Å². The Labute approximate surface area is 154 Å². The number of carbonyl (C=O) groups excluding carboxylic acids is 1. The van der Waals surface area contributed by atoms with Crippen molar-refractivity contribution >= 4 is 11.6 Å². The lowest BCUT2D eigenvalue weighted by Gasteiger charge is -2.41. The summed E-state index contributed by atoms with van der Waals surface area (Å²) in [5.74, 6) is 0.750. The van der Waals surface area contributed by atoms with Crippen LogP contribution in [0.5, 0.6) is 0 Å². The van der Waals surface area contributed by atoms with Crippen molar-refractivity contribution in [2.45, 2.75) is 45.7 Å². The molecular formula is C21H24N4O. The zero-order chi connectivity index (χ0) is 17.7. The lowest BCUT2D eigenvalue weighted by molar-refractivity contribution is -0.133. The molecule has 1 fully saturated rings.